The van der Waals surface area contributed by atoms with Crippen LogP contribution < -0.4 is 14.4 Å². The number of rotatable bonds is 6. The van der Waals surface area contributed by atoms with Gasteiger partial charge in [0.15, 0.2) is 15.8 Å². The van der Waals surface area contributed by atoms with Crippen LogP contribution in [-0.4, -0.2) is 28.9 Å². The molecule has 152 valence electrons. The fraction of sp³-hybridized carbons (Fsp3) is 0.100. The molecule has 1 amide bonds. The van der Waals surface area contributed by atoms with Gasteiger partial charge in [-0.05, 0) is 52.4 Å². The zero-order valence-electron chi connectivity index (χ0n) is 15.5. The molecule has 1 fully saturated rings. The van der Waals surface area contributed by atoms with E-state index in [1.54, 1.807) is 18.2 Å². The number of carbonyl (C=O) groups is 1. The summed E-state index contributed by atoms with van der Waals surface area (Å²) in [7, 11) is 1.51. The zero-order chi connectivity index (χ0) is 21.8. The van der Waals surface area contributed by atoms with Crippen LogP contribution in [0.5, 0.6) is 11.5 Å². The van der Waals surface area contributed by atoms with Crippen LogP contribution >= 0.6 is 46.6 Å². The van der Waals surface area contributed by atoms with Crippen LogP contribution in [0, 0.1) is 26.0 Å². The predicted molar refractivity (Wildman–Crippen MR) is 129 cm³/mol. The van der Waals surface area contributed by atoms with Gasteiger partial charge in [0.25, 0.3) is 11.6 Å². The van der Waals surface area contributed by atoms with E-state index >= 15 is 0 Å². The molecule has 2 aromatic rings. The van der Waals surface area contributed by atoms with Crippen molar-refractivity contribution in [3.63, 3.8) is 0 Å². The number of hydrogen-bond donors (Lipinski definition) is 0. The number of carbonyl (C=O) groups excluding carboxylic acids is 1. The monoisotopic (exact) mass is 552 g/mol. The number of nitro benzene ring substituents is 1. The second kappa shape index (κ2) is 9.46. The lowest BCUT2D eigenvalue weighted by atomic mass is 10.1. The van der Waals surface area contributed by atoms with E-state index in [1.165, 1.54) is 30.2 Å². The number of benzene rings is 2. The number of terminal acetylenes is 1. The summed E-state index contributed by atoms with van der Waals surface area (Å²) in [5, 5.41) is 11.0. The van der Waals surface area contributed by atoms with Crippen molar-refractivity contribution in [3.05, 3.63) is 60.6 Å². The number of methoxy groups -OCH3 is 1. The fourth-order valence-corrected chi connectivity index (χ4v) is 4.74. The van der Waals surface area contributed by atoms with Crippen molar-refractivity contribution < 1.29 is 19.2 Å². The molecule has 10 heteroatoms. The third-order valence-corrected chi connectivity index (χ3v) is 6.05. The minimum atomic E-state index is -0.519. The Kier molecular flexibility index (Phi) is 6.96. The molecule has 0 atom stereocenters. The van der Waals surface area contributed by atoms with Crippen molar-refractivity contribution in [1.29, 1.82) is 0 Å². The Hall–Kier alpha value is -2.62. The summed E-state index contributed by atoms with van der Waals surface area (Å²) in [6.07, 6.45) is 6.94. The SMILES string of the molecule is C#CCOc1c(I)cc(/C=C2\SC(=S)N(c3cccc([N+](=O)[O-])c3)C2=O)cc1OC. The molecule has 0 unspecified atom stereocenters. The summed E-state index contributed by atoms with van der Waals surface area (Å²) >= 11 is 8.56. The first-order valence-corrected chi connectivity index (χ1v) is 10.6. The van der Waals surface area contributed by atoms with E-state index in [-0.39, 0.29) is 18.2 Å². The molecule has 0 aromatic heterocycles. The van der Waals surface area contributed by atoms with Gasteiger partial charge in [0.1, 0.15) is 6.61 Å². The average Bonchev–Trinajstić information content (AvgIpc) is 2.99. The fourth-order valence-electron chi connectivity index (χ4n) is 2.66. The number of thioether (sulfide) groups is 1. The Morgan fingerprint density at radius 2 is 2.17 bits per heavy atom. The molecule has 0 saturated carbocycles. The smallest absolute Gasteiger partial charge is 0.271 e. The Morgan fingerprint density at radius 3 is 2.83 bits per heavy atom. The van der Waals surface area contributed by atoms with Crippen LogP contribution in [0.3, 0.4) is 0 Å². The van der Waals surface area contributed by atoms with Gasteiger partial charge >= 0.3 is 0 Å². The van der Waals surface area contributed by atoms with Gasteiger partial charge in [-0.1, -0.05) is 36.0 Å². The summed E-state index contributed by atoms with van der Waals surface area (Å²) in [4.78, 5) is 25.1. The average molecular weight is 552 g/mol. The van der Waals surface area contributed by atoms with E-state index in [0.717, 1.165) is 15.3 Å². The van der Waals surface area contributed by atoms with E-state index in [2.05, 4.69) is 28.5 Å². The molecule has 0 radical (unpaired) electrons. The molecular weight excluding hydrogens is 539 g/mol. The van der Waals surface area contributed by atoms with Gasteiger partial charge in [0.05, 0.1) is 26.2 Å². The van der Waals surface area contributed by atoms with E-state index in [9.17, 15) is 14.9 Å². The van der Waals surface area contributed by atoms with E-state index in [1.807, 2.05) is 6.07 Å². The topological polar surface area (TPSA) is 81.9 Å². The lowest BCUT2D eigenvalue weighted by molar-refractivity contribution is -0.384. The maximum absolute atomic E-state index is 12.9. The summed E-state index contributed by atoms with van der Waals surface area (Å²) < 4.78 is 12.0. The number of amides is 1. The minimum Gasteiger partial charge on any atom is -0.493 e. The molecule has 2 aromatic carbocycles. The Morgan fingerprint density at radius 1 is 1.40 bits per heavy atom. The zero-order valence-corrected chi connectivity index (χ0v) is 19.2. The highest BCUT2D eigenvalue weighted by molar-refractivity contribution is 14.1. The lowest BCUT2D eigenvalue weighted by Gasteiger charge is -2.14. The summed E-state index contributed by atoms with van der Waals surface area (Å²) in [5.41, 5.74) is 0.941. The maximum Gasteiger partial charge on any atom is 0.271 e. The molecule has 0 N–H and O–H groups in total. The normalized spacial score (nSPS) is 14.7. The third-order valence-electron chi connectivity index (χ3n) is 3.94. The van der Waals surface area contributed by atoms with Gasteiger partial charge in [-0.3, -0.25) is 19.8 Å². The van der Waals surface area contributed by atoms with Gasteiger partial charge < -0.3 is 9.47 Å². The molecule has 3 rings (SSSR count). The van der Waals surface area contributed by atoms with Crippen LogP contribution in [0.15, 0.2) is 41.3 Å². The van der Waals surface area contributed by atoms with Gasteiger partial charge in [0.2, 0.25) is 0 Å². The summed E-state index contributed by atoms with van der Waals surface area (Å²) in [6, 6.07) is 9.34. The van der Waals surface area contributed by atoms with Crippen LogP contribution in [0.25, 0.3) is 6.08 Å². The van der Waals surface area contributed by atoms with Crippen LogP contribution in [0.4, 0.5) is 11.4 Å². The first-order valence-electron chi connectivity index (χ1n) is 8.32. The highest BCUT2D eigenvalue weighted by atomic mass is 127. The number of nitrogens with zero attached hydrogens (tertiary/aromatic N) is 2. The van der Waals surface area contributed by atoms with Crippen molar-refractivity contribution in [1.82, 2.24) is 0 Å². The van der Waals surface area contributed by atoms with Crippen molar-refractivity contribution in [2.75, 3.05) is 18.6 Å². The third kappa shape index (κ3) is 4.58. The number of thiocarbonyl (C=S) groups is 1. The number of non-ortho nitro benzene ring substituents is 1. The van der Waals surface area contributed by atoms with Crippen LogP contribution in [0.2, 0.25) is 0 Å². The lowest BCUT2D eigenvalue weighted by Crippen LogP contribution is -2.27. The molecule has 30 heavy (non-hydrogen) atoms. The van der Waals surface area contributed by atoms with Crippen molar-refractivity contribution >= 4 is 74.2 Å². The highest BCUT2D eigenvalue weighted by Gasteiger charge is 2.34. The van der Waals surface area contributed by atoms with E-state index < -0.39 is 4.92 Å². The highest BCUT2D eigenvalue weighted by Crippen LogP contribution is 2.39. The molecule has 1 saturated heterocycles. The molecule has 1 aliphatic rings. The van der Waals surface area contributed by atoms with Crippen molar-refractivity contribution in [2.45, 2.75) is 0 Å². The van der Waals surface area contributed by atoms with Crippen molar-refractivity contribution in [3.8, 4) is 23.8 Å². The van der Waals surface area contributed by atoms with Gasteiger partial charge in [-0.15, -0.1) is 6.42 Å². The molecule has 1 heterocycles. The Labute approximate surface area is 195 Å². The van der Waals surface area contributed by atoms with E-state index in [4.69, 9.17) is 28.1 Å². The molecule has 1 aliphatic heterocycles. The minimum absolute atomic E-state index is 0.105. The Bertz CT molecular complexity index is 1130. The van der Waals surface area contributed by atoms with Crippen molar-refractivity contribution in [2.24, 2.45) is 0 Å². The number of hydrogen-bond acceptors (Lipinski definition) is 7. The van der Waals surface area contributed by atoms with Gasteiger partial charge in [-0.2, -0.15) is 0 Å². The number of halogens is 1. The molecular formula is C20H13IN2O5S2. The largest absolute Gasteiger partial charge is 0.493 e. The number of anilines is 1. The van der Waals surface area contributed by atoms with Gasteiger partial charge in [-0.25, -0.2) is 0 Å². The molecule has 0 spiro atoms. The second-order valence-corrected chi connectivity index (χ2v) is 8.66. The summed E-state index contributed by atoms with van der Waals surface area (Å²) in [6.45, 7) is 0.105. The second-order valence-electron chi connectivity index (χ2n) is 5.82. The molecule has 0 bridgehead atoms. The van der Waals surface area contributed by atoms with Gasteiger partial charge in [0, 0.05) is 12.1 Å². The molecule has 0 aliphatic carbocycles. The Balaban J connectivity index is 1.94. The number of ether oxygens (including phenoxy) is 2. The first-order chi connectivity index (χ1) is 14.3. The summed E-state index contributed by atoms with van der Waals surface area (Å²) in [5.74, 6) is 3.06. The molecule has 7 nitrogen and oxygen atoms in total. The quantitative estimate of drug-likeness (QED) is 0.129. The van der Waals surface area contributed by atoms with Crippen LogP contribution in [0.1, 0.15) is 5.56 Å². The van der Waals surface area contributed by atoms with E-state index in [0.29, 0.717) is 32.0 Å². The maximum atomic E-state index is 12.9. The first kappa shape index (κ1) is 22.1. The number of nitro groups is 1. The standard InChI is InChI=1S/C20H13IN2O5S2/c1-3-7-28-18-15(21)8-12(9-16(18)27-2)10-17-19(24)22(20(29)30-17)13-5-4-6-14(11-13)23(25)26/h1,4-6,8-11H,7H2,2H3/b17-10-. The van der Waals surface area contributed by atoms with Crippen LogP contribution in [-0.2, 0) is 4.79 Å². The predicted octanol–water partition coefficient (Wildman–Crippen LogP) is 4.63.